The van der Waals surface area contributed by atoms with E-state index in [2.05, 4.69) is 44.8 Å². The highest BCUT2D eigenvalue weighted by Crippen LogP contribution is 2.18. The van der Waals surface area contributed by atoms with E-state index in [1.165, 1.54) is 5.69 Å². The van der Waals surface area contributed by atoms with Crippen LogP contribution in [0.4, 0.5) is 5.69 Å². The van der Waals surface area contributed by atoms with E-state index < -0.39 is 0 Å². The molecule has 7 nitrogen and oxygen atoms in total. The molecule has 1 aliphatic carbocycles. The minimum Gasteiger partial charge on any atom is -0.393 e. The average Bonchev–Trinajstić information content (AvgIpc) is 2.76. The number of aliphatic hydroxyl groups is 1. The van der Waals surface area contributed by atoms with E-state index in [4.69, 9.17) is 0 Å². The summed E-state index contributed by atoms with van der Waals surface area (Å²) in [5, 5.41) is 16.4. The van der Waals surface area contributed by atoms with E-state index >= 15 is 0 Å². The van der Waals surface area contributed by atoms with Gasteiger partial charge in [0.15, 0.2) is 5.96 Å². The number of anilines is 1. The second-order valence-electron chi connectivity index (χ2n) is 7.86. The number of nitrogens with one attached hydrogen (secondary N) is 2. The molecule has 0 spiro atoms. The van der Waals surface area contributed by atoms with E-state index in [0.29, 0.717) is 19.0 Å². The zero-order valence-electron chi connectivity index (χ0n) is 17.5. The van der Waals surface area contributed by atoms with Gasteiger partial charge in [-0.3, -0.25) is 9.79 Å². The largest absolute Gasteiger partial charge is 0.393 e. The Kier molecular flexibility index (Phi) is 8.16. The first-order valence-corrected chi connectivity index (χ1v) is 11.0. The van der Waals surface area contributed by atoms with E-state index in [-0.39, 0.29) is 12.0 Å². The van der Waals surface area contributed by atoms with Crippen molar-refractivity contribution in [2.45, 2.75) is 51.2 Å². The van der Waals surface area contributed by atoms with Crippen molar-refractivity contribution in [3.8, 4) is 0 Å². The normalized spacial score (nSPS) is 23.0. The van der Waals surface area contributed by atoms with Crippen LogP contribution in [0.1, 0.15) is 39.0 Å². The third-order valence-electron chi connectivity index (χ3n) is 5.73. The molecular weight excluding hydrogens is 366 g/mol. The maximum atomic E-state index is 12.6. The number of rotatable bonds is 6. The third-order valence-corrected chi connectivity index (χ3v) is 5.73. The monoisotopic (exact) mass is 401 g/mol. The highest BCUT2D eigenvalue weighted by Gasteiger charge is 2.22. The van der Waals surface area contributed by atoms with E-state index in [9.17, 15) is 9.90 Å². The summed E-state index contributed by atoms with van der Waals surface area (Å²) < 4.78 is 0. The maximum absolute atomic E-state index is 12.6. The Balaban J connectivity index is 1.41. The summed E-state index contributed by atoms with van der Waals surface area (Å²) in [4.78, 5) is 21.5. The number of hydrogen-bond donors (Lipinski definition) is 3. The van der Waals surface area contributed by atoms with Crippen molar-refractivity contribution in [1.82, 2.24) is 15.5 Å². The van der Waals surface area contributed by atoms with Crippen molar-refractivity contribution in [1.29, 1.82) is 0 Å². The van der Waals surface area contributed by atoms with Crippen molar-refractivity contribution in [2.24, 2.45) is 4.99 Å². The fraction of sp³-hybridized carbons (Fsp3) is 0.636. The number of carbonyl (C=O) groups is 1. The van der Waals surface area contributed by atoms with Crippen LogP contribution in [0.5, 0.6) is 0 Å². The summed E-state index contributed by atoms with van der Waals surface area (Å²) in [7, 11) is 0. The summed E-state index contributed by atoms with van der Waals surface area (Å²) >= 11 is 0. The molecule has 3 rings (SSSR count). The minimum absolute atomic E-state index is 0.160. The van der Waals surface area contributed by atoms with Crippen LogP contribution in [0.2, 0.25) is 0 Å². The lowest BCUT2D eigenvalue weighted by Crippen LogP contribution is -2.49. The summed E-state index contributed by atoms with van der Waals surface area (Å²) in [6.45, 7) is 6.59. The van der Waals surface area contributed by atoms with Crippen molar-refractivity contribution in [3.63, 3.8) is 0 Å². The molecule has 0 unspecified atom stereocenters. The molecule has 2 fully saturated rings. The van der Waals surface area contributed by atoms with Crippen molar-refractivity contribution >= 4 is 17.6 Å². The second-order valence-corrected chi connectivity index (χ2v) is 7.86. The number of aliphatic imine (C=N–C) groups is 1. The lowest BCUT2D eigenvalue weighted by atomic mass is 9.93. The van der Waals surface area contributed by atoms with Crippen molar-refractivity contribution < 1.29 is 9.90 Å². The zero-order chi connectivity index (χ0) is 20.5. The molecule has 1 aromatic rings. The SMILES string of the molecule is CCNC(=NCCC(=O)N1CCN(c2ccccc2)CC1)NC1CCC(O)CC1. The first-order chi connectivity index (χ1) is 14.2. The fourth-order valence-corrected chi connectivity index (χ4v) is 4.01. The molecule has 7 heteroatoms. The van der Waals surface area contributed by atoms with Crippen LogP contribution in [0, 0.1) is 0 Å². The molecule has 1 saturated heterocycles. The Labute approximate surface area is 174 Å². The van der Waals surface area contributed by atoms with Gasteiger partial charge in [0.25, 0.3) is 0 Å². The Morgan fingerprint density at radius 3 is 2.45 bits per heavy atom. The third kappa shape index (κ3) is 6.63. The first kappa shape index (κ1) is 21.4. The molecule has 3 N–H and O–H groups in total. The predicted octanol–water partition coefficient (Wildman–Crippen LogP) is 1.58. The van der Waals surface area contributed by atoms with Gasteiger partial charge in [-0.25, -0.2) is 0 Å². The molecule has 0 bridgehead atoms. The molecular formula is C22H35N5O2. The van der Waals surface area contributed by atoms with Gasteiger partial charge in [-0.05, 0) is 44.7 Å². The number of para-hydroxylation sites is 1. The molecule has 160 valence electrons. The van der Waals surface area contributed by atoms with Crippen molar-refractivity contribution in [3.05, 3.63) is 30.3 Å². The van der Waals surface area contributed by atoms with Crippen LogP contribution in [0.25, 0.3) is 0 Å². The van der Waals surface area contributed by atoms with Gasteiger partial charge in [0.05, 0.1) is 12.6 Å². The number of benzene rings is 1. The van der Waals surface area contributed by atoms with Crippen LogP contribution in [-0.4, -0.2) is 73.3 Å². The number of piperazine rings is 1. The molecule has 1 amide bonds. The van der Waals surface area contributed by atoms with Gasteiger partial charge in [-0.15, -0.1) is 0 Å². The highest BCUT2D eigenvalue weighted by atomic mass is 16.3. The Hall–Kier alpha value is -2.28. The number of hydrogen-bond acceptors (Lipinski definition) is 4. The molecule has 0 atom stereocenters. The minimum atomic E-state index is -0.160. The lowest BCUT2D eigenvalue weighted by molar-refractivity contribution is -0.131. The molecule has 0 radical (unpaired) electrons. The topological polar surface area (TPSA) is 80.2 Å². The number of amides is 1. The maximum Gasteiger partial charge on any atom is 0.224 e. The molecule has 1 aromatic carbocycles. The smallest absolute Gasteiger partial charge is 0.224 e. The predicted molar refractivity (Wildman–Crippen MR) is 117 cm³/mol. The Bertz CT molecular complexity index is 650. The first-order valence-electron chi connectivity index (χ1n) is 11.0. The van der Waals surface area contributed by atoms with Gasteiger partial charge in [0, 0.05) is 50.9 Å². The molecule has 1 aliphatic heterocycles. The Morgan fingerprint density at radius 2 is 1.79 bits per heavy atom. The van der Waals surface area contributed by atoms with Gasteiger partial charge in [-0.2, -0.15) is 0 Å². The summed E-state index contributed by atoms with van der Waals surface area (Å²) in [5.41, 5.74) is 1.22. The average molecular weight is 402 g/mol. The second kappa shape index (κ2) is 11.0. The molecule has 0 aromatic heterocycles. The number of nitrogens with zero attached hydrogens (tertiary/aromatic N) is 3. The van der Waals surface area contributed by atoms with Crippen LogP contribution >= 0.6 is 0 Å². The van der Waals surface area contributed by atoms with Gasteiger partial charge < -0.3 is 25.5 Å². The van der Waals surface area contributed by atoms with E-state index in [1.807, 2.05) is 17.9 Å². The van der Waals surface area contributed by atoms with Crippen LogP contribution in [0.15, 0.2) is 35.3 Å². The summed E-state index contributed by atoms with van der Waals surface area (Å²) in [6.07, 6.45) is 3.86. The zero-order valence-corrected chi connectivity index (χ0v) is 17.5. The van der Waals surface area contributed by atoms with Gasteiger partial charge in [-0.1, -0.05) is 18.2 Å². The summed E-state index contributed by atoms with van der Waals surface area (Å²) in [6, 6.07) is 10.7. The van der Waals surface area contributed by atoms with Crippen LogP contribution in [-0.2, 0) is 4.79 Å². The molecule has 2 aliphatic rings. The van der Waals surface area contributed by atoms with Gasteiger partial charge in [0.2, 0.25) is 5.91 Å². The molecule has 1 saturated carbocycles. The van der Waals surface area contributed by atoms with E-state index in [0.717, 1.165) is 64.4 Å². The molecule has 29 heavy (non-hydrogen) atoms. The molecule has 1 heterocycles. The van der Waals surface area contributed by atoms with Crippen LogP contribution < -0.4 is 15.5 Å². The number of guanidine groups is 1. The number of carbonyl (C=O) groups excluding carboxylic acids is 1. The van der Waals surface area contributed by atoms with Crippen molar-refractivity contribution in [2.75, 3.05) is 44.2 Å². The van der Waals surface area contributed by atoms with Gasteiger partial charge in [0.1, 0.15) is 0 Å². The van der Waals surface area contributed by atoms with Gasteiger partial charge >= 0.3 is 0 Å². The Morgan fingerprint density at radius 1 is 1.10 bits per heavy atom. The summed E-state index contributed by atoms with van der Waals surface area (Å²) in [5.74, 6) is 0.952. The quantitative estimate of drug-likeness (QED) is 0.498. The number of aliphatic hydroxyl groups excluding tert-OH is 1. The lowest BCUT2D eigenvalue weighted by Gasteiger charge is -2.36. The highest BCUT2D eigenvalue weighted by molar-refractivity contribution is 5.81. The standard InChI is InChI=1S/C22H35N5O2/c1-2-23-22(25-18-8-10-20(28)11-9-18)24-13-12-21(29)27-16-14-26(15-17-27)19-6-4-3-5-7-19/h3-7,18,20,28H,2,8-17H2,1H3,(H2,23,24,25). The van der Waals surface area contributed by atoms with E-state index in [1.54, 1.807) is 0 Å². The van der Waals surface area contributed by atoms with Crippen LogP contribution in [0.3, 0.4) is 0 Å². The fourth-order valence-electron chi connectivity index (χ4n) is 4.01.